The predicted molar refractivity (Wildman–Crippen MR) is 80.9 cm³/mol. The lowest BCUT2D eigenvalue weighted by atomic mass is 10.3. The number of furan rings is 1. The van der Waals surface area contributed by atoms with Crippen LogP contribution in [0.5, 0.6) is 0 Å². The van der Waals surface area contributed by atoms with E-state index in [2.05, 4.69) is 15.1 Å². The van der Waals surface area contributed by atoms with Crippen molar-refractivity contribution in [1.29, 1.82) is 0 Å². The highest BCUT2D eigenvalue weighted by molar-refractivity contribution is 7.13. The van der Waals surface area contributed by atoms with Gasteiger partial charge < -0.3 is 8.83 Å². The van der Waals surface area contributed by atoms with E-state index >= 15 is 0 Å². The number of rotatable bonds is 5. The monoisotopic (exact) mass is 303 g/mol. The highest BCUT2D eigenvalue weighted by Gasteiger charge is 2.20. The molecule has 0 amide bonds. The molecule has 0 aliphatic carbocycles. The molecule has 3 heterocycles. The molecule has 0 fully saturated rings. The number of hydrogen-bond acceptors (Lipinski definition) is 6. The summed E-state index contributed by atoms with van der Waals surface area (Å²) in [6.45, 7) is 4.69. The van der Waals surface area contributed by atoms with Crippen molar-refractivity contribution >= 4 is 11.3 Å². The molecule has 0 saturated heterocycles. The molecule has 0 N–H and O–H groups in total. The SMILES string of the molecule is Cc1ccc(CN(C)[C@H](C)c2nnc(-c3cccs3)o2)o1. The van der Waals surface area contributed by atoms with Crippen LogP contribution in [0, 0.1) is 6.92 Å². The highest BCUT2D eigenvalue weighted by Crippen LogP contribution is 2.27. The van der Waals surface area contributed by atoms with Gasteiger partial charge in [-0.05, 0) is 44.5 Å². The van der Waals surface area contributed by atoms with Crippen molar-refractivity contribution in [3.8, 4) is 10.8 Å². The summed E-state index contributed by atoms with van der Waals surface area (Å²) >= 11 is 1.59. The Kier molecular flexibility index (Phi) is 3.90. The average Bonchev–Trinajstić information content (AvgIpc) is 3.18. The van der Waals surface area contributed by atoms with E-state index in [1.54, 1.807) is 11.3 Å². The number of thiophene rings is 1. The first-order chi connectivity index (χ1) is 10.1. The molecule has 0 aliphatic heterocycles. The number of nitrogens with zero attached hydrogens (tertiary/aromatic N) is 3. The minimum absolute atomic E-state index is 0.0246. The van der Waals surface area contributed by atoms with Crippen LogP contribution in [0.3, 0.4) is 0 Å². The molecule has 0 spiro atoms. The van der Waals surface area contributed by atoms with Crippen molar-refractivity contribution in [3.05, 3.63) is 47.1 Å². The van der Waals surface area contributed by atoms with Crippen molar-refractivity contribution in [2.45, 2.75) is 26.4 Å². The Labute approximate surface area is 127 Å². The van der Waals surface area contributed by atoms with Gasteiger partial charge in [0.15, 0.2) is 0 Å². The molecular formula is C15H17N3O2S. The summed E-state index contributed by atoms with van der Waals surface area (Å²) in [7, 11) is 2.01. The topological polar surface area (TPSA) is 55.3 Å². The maximum Gasteiger partial charge on any atom is 0.257 e. The van der Waals surface area contributed by atoms with Gasteiger partial charge in [0.1, 0.15) is 11.5 Å². The van der Waals surface area contributed by atoms with Gasteiger partial charge in [-0.25, -0.2) is 0 Å². The number of aromatic nitrogens is 2. The molecule has 0 saturated carbocycles. The van der Waals surface area contributed by atoms with Crippen LogP contribution in [0.1, 0.15) is 30.4 Å². The largest absolute Gasteiger partial charge is 0.465 e. The second-order valence-electron chi connectivity index (χ2n) is 5.03. The first kappa shape index (κ1) is 14.0. The predicted octanol–water partition coefficient (Wildman–Crippen LogP) is 3.89. The van der Waals surface area contributed by atoms with Crippen molar-refractivity contribution < 1.29 is 8.83 Å². The normalized spacial score (nSPS) is 13.0. The molecule has 21 heavy (non-hydrogen) atoms. The van der Waals surface area contributed by atoms with E-state index < -0.39 is 0 Å². The maximum atomic E-state index is 5.77. The Morgan fingerprint density at radius 2 is 2.10 bits per heavy atom. The molecule has 5 nitrogen and oxygen atoms in total. The van der Waals surface area contributed by atoms with Crippen LogP contribution in [0.15, 0.2) is 38.5 Å². The summed E-state index contributed by atoms with van der Waals surface area (Å²) < 4.78 is 11.4. The maximum absolute atomic E-state index is 5.77. The van der Waals surface area contributed by atoms with E-state index in [9.17, 15) is 0 Å². The molecule has 0 unspecified atom stereocenters. The summed E-state index contributed by atoms with van der Waals surface area (Å²) in [5.41, 5.74) is 0. The molecule has 1 atom stereocenters. The van der Waals surface area contributed by atoms with Gasteiger partial charge >= 0.3 is 0 Å². The van der Waals surface area contributed by atoms with Gasteiger partial charge in [0.25, 0.3) is 5.89 Å². The Morgan fingerprint density at radius 3 is 2.76 bits per heavy atom. The van der Waals surface area contributed by atoms with Gasteiger partial charge in [-0.1, -0.05) is 6.07 Å². The van der Waals surface area contributed by atoms with E-state index in [4.69, 9.17) is 8.83 Å². The Bertz CT molecular complexity index is 702. The molecule has 6 heteroatoms. The van der Waals surface area contributed by atoms with Crippen molar-refractivity contribution in [1.82, 2.24) is 15.1 Å². The van der Waals surface area contributed by atoms with Crippen LogP contribution in [-0.2, 0) is 6.54 Å². The van der Waals surface area contributed by atoms with Crippen LogP contribution >= 0.6 is 11.3 Å². The van der Waals surface area contributed by atoms with Crippen LogP contribution in [0.25, 0.3) is 10.8 Å². The Hall–Kier alpha value is -1.92. The Balaban J connectivity index is 1.71. The van der Waals surface area contributed by atoms with E-state index in [-0.39, 0.29) is 6.04 Å². The molecule has 3 rings (SSSR count). The van der Waals surface area contributed by atoms with Gasteiger partial charge in [-0.2, -0.15) is 0 Å². The van der Waals surface area contributed by atoms with Gasteiger partial charge in [0, 0.05) is 0 Å². The first-order valence-electron chi connectivity index (χ1n) is 6.76. The lowest BCUT2D eigenvalue weighted by Gasteiger charge is -2.20. The van der Waals surface area contributed by atoms with Gasteiger partial charge in [0.05, 0.1) is 17.5 Å². The minimum Gasteiger partial charge on any atom is -0.465 e. The van der Waals surface area contributed by atoms with E-state index in [1.807, 2.05) is 50.5 Å². The van der Waals surface area contributed by atoms with Gasteiger partial charge in [0.2, 0.25) is 5.89 Å². The molecule has 0 radical (unpaired) electrons. The van der Waals surface area contributed by atoms with Crippen molar-refractivity contribution in [2.75, 3.05) is 7.05 Å². The molecule has 3 aromatic rings. The fourth-order valence-electron chi connectivity index (χ4n) is 2.04. The average molecular weight is 303 g/mol. The van der Waals surface area contributed by atoms with Crippen LogP contribution in [0.2, 0.25) is 0 Å². The highest BCUT2D eigenvalue weighted by atomic mass is 32.1. The molecule has 3 aromatic heterocycles. The van der Waals surface area contributed by atoms with Crippen LogP contribution < -0.4 is 0 Å². The fraction of sp³-hybridized carbons (Fsp3) is 0.333. The van der Waals surface area contributed by atoms with Gasteiger partial charge in [-0.15, -0.1) is 21.5 Å². The zero-order valence-electron chi connectivity index (χ0n) is 12.2. The van der Waals surface area contributed by atoms with E-state index in [0.29, 0.717) is 18.3 Å². The molecule has 110 valence electrons. The van der Waals surface area contributed by atoms with E-state index in [0.717, 1.165) is 16.4 Å². The summed E-state index contributed by atoms with van der Waals surface area (Å²) in [6.07, 6.45) is 0. The summed E-state index contributed by atoms with van der Waals surface area (Å²) in [5.74, 6) is 3.04. The lowest BCUT2D eigenvalue weighted by Crippen LogP contribution is -2.21. The van der Waals surface area contributed by atoms with Crippen LogP contribution in [-0.4, -0.2) is 22.1 Å². The standard InChI is InChI=1S/C15H17N3O2S/c1-10-6-7-12(19-10)9-18(3)11(2)14-16-17-15(20-14)13-5-4-8-21-13/h4-8,11H,9H2,1-3H3/t11-/m1/s1. The second kappa shape index (κ2) is 5.83. The molecule has 0 aliphatic rings. The number of hydrogen-bond donors (Lipinski definition) is 0. The molecule has 0 bridgehead atoms. The Morgan fingerprint density at radius 1 is 1.24 bits per heavy atom. The minimum atomic E-state index is 0.0246. The second-order valence-corrected chi connectivity index (χ2v) is 5.97. The third-order valence-corrected chi connectivity index (χ3v) is 4.25. The van der Waals surface area contributed by atoms with Crippen molar-refractivity contribution in [2.24, 2.45) is 0 Å². The fourth-order valence-corrected chi connectivity index (χ4v) is 2.69. The zero-order valence-corrected chi connectivity index (χ0v) is 13.1. The van der Waals surface area contributed by atoms with E-state index in [1.165, 1.54) is 0 Å². The first-order valence-corrected chi connectivity index (χ1v) is 7.64. The van der Waals surface area contributed by atoms with Crippen molar-refractivity contribution in [3.63, 3.8) is 0 Å². The molecule has 0 aromatic carbocycles. The summed E-state index contributed by atoms with van der Waals surface area (Å²) in [6, 6.07) is 7.93. The lowest BCUT2D eigenvalue weighted by molar-refractivity contribution is 0.202. The van der Waals surface area contributed by atoms with Gasteiger partial charge in [-0.3, -0.25) is 4.90 Å². The quantitative estimate of drug-likeness (QED) is 0.715. The summed E-state index contributed by atoms with van der Waals surface area (Å²) in [5, 5.41) is 10.3. The smallest absolute Gasteiger partial charge is 0.257 e. The zero-order chi connectivity index (χ0) is 14.8. The third kappa shape index (κ3) is 3.06. The third-order valence-electron chi connectivity index (χ3n) is 3.39. The van der Waals surface area contributed by atoms with Crippen LogP contribution in [0.4, 0.5) is 0 Å². The summed E-state index contributed by atoms with van der Waals surface area (Å²) in [4.78, 5) is 3.11. The number of aryl methyl sites for hydroxylation is 1. The molecular weight excluding hydrogens is 286 g/mol.